The molecule has 0 aliphatic rings. The SMILES string of the molecule is Cc1nnc(S/C(=C\c2ccc(-c3cccc(C(F)(F)F)c3)o2)C(=O)O)o1. The van der Waals surface area contributed by atoms with E-state index >= 15 is 0 Å². The number of carboxylic acid groups (broad SMARTS) is 1. The van der Waals surface area contributed by atoms with Crippen molar-refractivity contribution in [2.45, 2.75) is 18.3 Å². The summed E-state index contributed by atoms with van der Waals surface area (Å²) in [5, 5.41) is 16.7. The van der Waals surface area contributed by atoms with E-state index in [-0.39, 0.29) is 33.1 Å². The molecule has 2 aromatic heterocycles. The van der Waals surface area contributed by atoms with Crippen LogP contribution in [0.4, 0.5) is 13.2 Å². The predicted molar refractivity (Wildman–Crippen MR) is 89.7 cm³/mol. The maximum atomic E-state index is 12.8. The molecule has 140 valence electrons. The number of nitrogens with zero attached hydrogens (tertiary/aromatic N) is 2. The van der Waals surface area contributed by atoms with Crippen LogP contribution in [0.2, 0.25) is 0 Å². The van der Waals surface area contributed by atoms with Crippen molar-refractivity contribution in [3.8, 4) is 11.3 Å². The van der Waals surface area contributed by atoms with Crippen molar-refractivity contribution in [3.63, 3.8) is 0 Å². The molecule has 0 aliphatic heterocycles. The molecule has 0 unspecified atom stereocenters. The van der Waals surface area contributed by atoms with Gasteiger partial charge in [-0.1, -0.05) is 12.1 Å². The second-order valence-corrected chi connectivity index (χ2v) is 6.28. The molecule has 0 radical (unpaired) electrons. The summed E-state index contributed by atoms with van der Waals surface area (Å²) in [6.07, 6.45) is -3.25. The van der Waals surface area contributed by atoms with Crippen LogP contribution in [-0.4, -0.2) is 21.3 Å². The molecule has 1 aromatic carbocycles. The minimum Gasteiger partial charge on any atom is -0.477 e. The van der Waals surface area contributed by atoms with Gasteiger partial charge in [0.25, 0.3) is 5.22 Å². The number of aryl methyl sites for hydroxylation is 1. The summed E-state index contributed by atoms with van der Waals surface area (Å²) in [6.45, 7) is 1.56. The van der Waals surface area contributed by atoms with Crippen LogP contribution in [0, 0.1) is 6.92 Å². The van der Waals surface area contributed by atoms with Crippen molar-refractivity contribution in [1.29, 1.82) is 0 Å². The first-order chi connectivity index (χ1) is 12.7. The van der Waals surface area contributed by atoms with Crippen LogP contribution in [0.5, 0.6) is 0 Å². The lowest BCUT2D eigenvalue weighted by molar-refractivity contribution is -0.137. The summed E-state index contributed by atoms with van der Waals surface area (Å²) >= 11 is 0.736. The summed E-state index contributed by atoms with van der Waals surface area (Å²) in [7, 11) is 0. The Morgan fingerprint density at radius 2 is 1.96 bits per heavy atom. The molecule has 3 aromatic rings. The van der Waals surface area contributed by atoms with E-state index in [0.717, 1.165) is 23.9 Å². The third kappa shape index (κ3) is 4.59. The predicted octanol–water partition coefficient (Wildman–Crippen LogP) is 4.87. The average molecular weight is 396 g/mol. The van der Waals surface area contributed by atoms with Crippen LogP contribution in [0.15, 0.2) is 55.4 Å². The summed E-state index contributed by atoms with van der Waals surface area (Å²) in [6, 6.07) is 7.57. The van der Waals surface area contributed by atoms with Crippen LogP contribution in [-0.2, 0) is 11.0 Å². The summed E-state index contributed by atoms with van der Waals surface area (Å²) < 4.78 is 49.1. The molecule has 3 rings (SSSR count). The highest BCUT2D eigenvalue weighted by Crippen LogP contribution is 2.33. The number of thioether (sulfide) groups is 1. The number of carbonyl (C=O) groups is 1. The lowest BCUT2D eigenvalue weighted by Crippen LogP contribution is -2.04. The number of alkyl halides is 3. The van der Waals surface area contributed by atoms with Gasteiger partial charge >= 0.3 is 12.1 Å². The zero-order valence-corrected chi connectivity index (χ0v) is 14.5. The normalized spacial score (nSPS) is 12.4. The number of aromatic nitrogens is 2. The highest BCUT2D eigenvalue weighted by molar-refractivity contribution is 8.03. The van der Waals surface area contributed by atoms with Gasteiger partial charge in [-0.3, -0.25) is 0 Å². The van der Waals surface area contributed by atoms with Crippen LogP contribution in [0.1, 0.15) is 17.2 Å². The Balaban J connectivity index is 1.87. The van der Waals surface area contributed by atoms with Crippen LogP contribution in [0.25, 0.3) is 17.4 Å². The van der Waals surface area contributed by atoms with Gasteiger partial charge in [-0.2, -0.15) is 13.2 Å². The van der Waals surface area contributed by atoms with Gasteiger partial charge in [0, 0.05) is 18.6 Å². The van der Waals surface area contributed by atoms with Crippen molar-refractivity contribution >= 4 is 23.8 Å². The van der Waals surface area contributed by atoms with Gasteiger partial charge in [-0.15, -0.1) is 10.2 Å². The van der Waals surface area contributed by atoms with Gasteiger partial charge in [-0.05, 0) is 36.0 Å². The Labute approximate surface area is 154 Å². The zero-order valence-electron chi connectivity index (χ0n) is 13.6. The molecule has 0 atom stereocenters. The Morgan fingerprint density at radius 1 is 1.19 bits per heavy atom. The number of hydrogen-bond donors (Lipinski definition) is 1. The Hall–Kier alpha value is -3.01. The monoisotopic (exact) mass is 396 g/mol. The summed E-state index contributed by atoms with van der Waals surface area (Å²) in [5.41, 5.74) is -0.580. The van der Waals surface area contributed by atoms with Gasteiger partial charge in [-0.25, -0.2) is 4.79 Å². The maximum Gasteiger partial charge on any atom is 0.416 e. The molecule has 0 saturated carbocycles. The standard InChI is InChI=1S/C17H11F3N2O4S/c1-9-21-22-16(25-9)27-14(15(23)24)8-12-5-6-13(26-12)10-3-2-4-11(7-10)17(18,19)20/h2-8H,1H3,(H,23,24)/b14-8-. The van der Waals surface area contributed by atoms with E-state index in [0.29, 0.717) is 0 Å². The molecule has 0 aliphatic carbocycles. The molecule has 0 spiro atoms. The second-order valence-electron chi connectivity index (χ2n) is 5.28. The van der Waals surface area contributed by atoms with Gasteiger partial charge in [0.15, 0.2) is 0 Å². The smallest absolute Gasteiger partial charge is 0.416 e. The van der Waals surface area contributed by atoms with Gasteiger partial charge in [0.1, 0.15) is 16.4 Å². The van der Waals surface area contributed by atoms with E-state index in [1.54, 1.807) is 6.92 Å². The number of rotatable bonds is 5. The third-order valence-corrected chi connectivity index (χ3v) is 4.14. The Kier molecular flexibility index (Phi) is 5.08. The number of benzene rings is 1. The first-order valence-corrected chi connectivity index (χ1v) is 8.24. The van der Waals surface area contributed by atoms with Gasteiger partial charge < -0.3 is 13.9 Å². The highest BCUT2D eigenvalue weighted by atomic mass is 32.2. The molecule has 10 heteroatoms. The fourth-order valence-corrected chi connectivity index (χ4v) is 2.81. The molecule has 0 bridgehead atoms. The average Bonchev–Trinajstić information content (AvgIpc) is 3.23. The highest BCUT2D eigenvalue weighted by Gasteiger charge is 2.30. The number of aliphatic carboxylic acids is 1. The molecule has 6 nitrogen and oxygen atoms in total. The third-order valence-electron chi connectivity index (χ3n) is 3.29. The van der Waals surface area contributed by atoms with E-state index in [4.69, 9.17) is 8.83 Å². The van der Waals surface area contributed by atoms with Gasteiger partial charge in [0.2, 0.25) is 5.89 Å². The molecule has 0 amide bonds. The largest absolute Gasteiger partial charge is 0.477 e. The fraction of sp³-hybridized carbons (Fsp3) is 0.118. The van der Waals surface area contributed by atoms with Crippen LogP contribution >= 0.6 is 11.8 Å². The Bertz CT molecular complexity index is 1010. The lowest BCUT2D eigenvalue weighted by Gasteiger charge is -2.07. The van der Waals surface area contributed by atoms with Crippen molar-refractivity contribution < 1.29 is 31.9 Å². The molecular weight excluding hydrogens is 385 g/mol. The first-order valence-electron chi connectivity index (χ1n) is 7.43. The fourth-order valence-electron chi connectivity index (χ4n) is 2.11. The van der Waals surface area contributed by atoms with Crippen molar-refractivity contribution in [2.75, 3.05) is 0 Å². The number of halogens is 3. The quantitative estimate of drug-likeness (QED) is 0.486. The topological polar surface area (TPSA) is 89.4 Å². The molecular formula is C17H11F3N2O4S. The molecule has 0 fully saturated rings. The first kappa shape index (κ1) is 18.8. The van der Waals surface area contributed by atoms with Crippen molar-refractivity contribution in [1.82, 2.24) is 10.2 Å². The van der Waals surface area contributed by atoms with E-state index in [1.165, 1.54) is 30.3 Å². The van der Waals surface area contributed by atoms with E-state index < -0.39 is 17.7 Å². The van der Waals surface area contributed by atoms with E-state index in [9.17, 15) is 23.1 Å². The summed E-state index contributed by atoms with van der Waals surface area (Å²) in [4.78, 5) is 11.3. The lowest BCUT2D eigenvalue weighted by atomic mass is 10.1. The minimum atomic E-state index is -4.47. The minimum absolute atomic E-state index is 0.0470. The molecule has 0 saturated heterocycles. The van der Waals surface area contributed by atoms with Crippen LogP contribution in [0.3, 0.4) is 0 Å². The number of hydrogen-bond acceptors (Lipinski definition) is 6. The van der Waals surface area contributed by atoms with E-state index in [2.05, 4.69) is 10.2 Å². The van der Waals surface area contributed by atoms with E-state index in [1.807, 2.05) is 0 Å². The maximum absolute atomic E-state index is 12.8. The van der Waals surface area contributed by atoms with Crippen molar-refractivity contribution in [2.24, 2.45) is 0 Å². The molecule has 2 heterocycles. The molecule has 27 heavy (non-hydrogen) atoms. The molecule has 1 N–H and O–H groups in total. The van der Waals surface area contributed by atoms with Crippen LogP contribution < -0.4 is 0 Å². The Morgan fingerprint density at radius 3 is 2.59 bits per heavy atom. The second kappa shape index (κ2) is 7.31. The van der Waals surface area contributed by atoms with Crippen molar-refractivity contribution in [3.05, 3.63) is 58.5 Å². The number of carboxylic acids is 1. The zero-order chi connectivity index (χ0) is 19.6. The number of furan rings is 1. The summed E-state index contributed by atoms with van der Waals surface area (Å²) in [5.74, 6) is -0.626. The van der Waals surface area contributed by atoms with Gasteiger partial charge in [0.05, 0.1) is 5.56 Å².